The Hall–Kier alpha value is -1.48. The summed E-state index contributed by atoms with van der Waals surface area (Å²) >= 11 is 0. The van der Waals surface area contributed by atoms with Crippen LogP contribution in [0.5, 0.6) is 0 Å². The van der Waals surface area contributed by atoms with Crippen LogP contribution in [-0.2, 0) is 9.47 Å². The number of aromatic amines is 1. The molecule has 2 heterocycles. The van der Waals surface area contributed by atoms with Crippen molar-refractivity contribution in [2.75, 3.05) is 6.61 Å². The average Bonchev–Trinajstić information content (AvgIpc) is 2.89. The quantitative estimate of drug-likeness (QED) is 0.593. The van der Waals surface area contributed by atoms with Crippen LogP contribution in [-0.4, -0.2) is 44.4 Å². The van der Waals surface area contributed by atoms with Crippen LogP contribution in [0.1, 0.15) is 52.2 Å². The molecule has 0 radical (unpaired) electrons. The third kappa shape index (κ3) is 4.32. The second-order valence-electron chi connectivity index (χ2n) is 6.17. The summed E-state index contributed by atoms with van der Waals surface area (Å²) in [5, 5.41) is 20.2. The summed E-state index contributed by atoms with van der Waals surface area (Å²) < 4.78 is 12.8. The molecule has 0 bridgehead atoms. The third-order valence-corrected chi connectivity index (χ3v) is 4.17. The molecule has 2 rings (SSSR count). The molecule has 0 aromatic carbocycles. The van der Waals surface area contributed by atoms with Crippen molar-refractivity contribution in [2.24, 2.45) is 0 Å². The lowest BCUT2D eigenvalue weighted by molar-refractivity contribution is -0.246. The lowest BCUT2D eigenvalue weighted by atomic mass is 10.0. The molecule has 8 nitrogen and oxygen atoms in total. The van der Waals surface area contributed by atoms with E-state index in [0.717, 1.165) is 12.8 Å². The van der Waals surface area contributed by atoms with Crippen molar-refractivity contribution < 1.29 is 19.7 Å². The first-order chi connectivity index (χ1) is 11.4. The number of nitrogens with zero attached hydrogens (tertiary/aromatic N) is 1. The van der Waals surface area contributed by atoms with Crippen LogP contribution < -0.4 is 11.2 Å². The zero-order chi connectivity index (χ0) is 17.7. The minimum Gasteiger partial charge on any atom is -0.394 e. The Labute approximate surface area is 140 Å². The second-order valence-corrected chi connectivity index (χ2v) is 6.17. The van der Waals surface area contributed by atoms with Crippen molar-refractivity contribution in [3.63, 3.8) is 0 Å². The van der Waals surface area contributed by atoms with Gasteiger partial charge in [0.15, 0.2) is 5.79 Å². The Bertz CT molecular complexity index is 634. The van der Waals surface area contributed by atoms with E-state index in [2.05, 4.69) is 4.98 Å². The van der Waals surface area contributed by atoms with Crippen LogP contribution in [0.3, 0.4) is 0 Å². The molecule has 1 fully saturated rings. The zero-order valence-corrected chi connectivity index (χ0v) is 14.1. The van der Waals surface area contributed by atoms with Gasteiger partial charge in [-0.1, -0.05) is 26.7 Å². The number of H-pyrrole nitrogens is 1. The van der Waals surface area contributed by atoms with Crippen LogP contribution in [0.25, 0.3) is 0 Å². The average molecular weight is 342 g/mol. The van der Waals surface area contributed by atoms with E-state index in [1.165, 1.54) is 16.8 Å². The van der Waals surface area contributed by atoms with Gasteiger partial charge < -0.3 is 19.7 Å². The fourth-order valence-electron chi connectivity index (χ4n) is 3.12. The molecule has 1 aromatic rings. The van der Waals surface area contributed by atoms with Crippen LogP contribution in [0.4, 0.5) is 0 Å². The number of aromatic nitrogens is 2. The van der Waals surface area contributed by atoms with Gasteiger partial charge in [0.1, 0.15) is 12.3 Å². The summed E-state index contributed by atoms with van der Waals surface area (Å²) in [5.74, 6) is -1.27. The van der Waals surface area contributed by atoms with Crippen molar-refractivity contribution in [3.8, 4) is 0 Å². The van der Waals surface area contributed by atoms with E-state index in [0.29, 0.717) is 19.3 Å². The highest BCUT2D eigenvalue weighted by molar-refractivity contribution is 4.89. The normalized spacial score (nSPS) is 24.4. The number of aliphatic hydroxyl groups is 2. The van der Waals surface area contributed by atoms with E-state index in [-0.39, 0.29) is 6.61 Å². The van der Waals surface area contributed by atoms with E-state index in [1.54, 1.807) is 0 Å². The largest absolute Gasteiger partial charge is 0.394 e. The topological polar surface area (TPSA) is 114 Å². The van der Waals surface area contributed by atoms with Gasteiger partial charge in [-0.05, 0) is 0 Å². The lowest BCUT2D eigenvalue weighted by Crippen LogP contribution is -2.40. The number of rotatable bonds is 8. The van der Waals surface area contributed by atoms with E-state index in [1.807, 2.05) is 13.8 Å². The molecule has 1 aromatic heterocycles. The van der Waals surface area contributed by atoms with Crippen molar-refractivity contribution in [2.45, 2.75) is 70.2 Å². The van der Waals surface area contributed by atoms with Crippen molar-refractivity contribution in [1.29, 1.82) is 0 Å². The molecule has 0 spiro atoms. The highest BCUT2D eigenvalue weighted by Gasteiger charge is 2.41. The first kappa shape index (κ1) is 18.9. The van der Waals surface area contributed by atoms with Crippen molar-refractivity contribution in [1.82, 2.24) is 9.55 Å². The Morgan fingerprint density at radius 1 is 1.38 bits per heavy atom. The van der Waals surface area contributed by atoms with E-state index >= 15 is 0 Å². The van der Waals surface area contributed by atoms with Crippen LogP contribution in [0.15, 0.2) is 21.9 Å². The molecule has 1 aliphatic rings. The minimum absolute atomic E-state index is 0.284. The fourth-order valence-corrected chi connectivity index (χ4v) is 3.12. The van der Waals surface area contributed by atoms with Gasteiger partial charge in [-0.15, -0.1) is 0 Å². The van der Waals surface area contributed by atoms with Gasteiger partial charge >= 0.3 is 5.69 Å². The molecule has 3 atom stereocenters. The molecule has 0 amide bonds. The van der Waals surface area contributed by atoms with Crippen LogP contribution in [0, 0.1) is 0 Å². The van der Waals surface area contributed by atoms with Gasteiger partial charge in [0.05, 0.1) is 12.7 Å². The Balaban J connectivity index is 2.16. The first-order valence-corrected chi connectivity index (χ1v) is 8.40. The number of ether oxygens (including phenoxy) is 2. The molecule has 3 N–H and O–H groups in total. The zero-order valence-electron chi connectivity index (χ0n) is 14.1. The summed E-state index contributed by atoms with van der Waals surface area (Å²) in [6.07, 6.45) is 2.30. The van der Waals surface area contributed by atoms with Crippen molar-refractivity contribution in [3.05, 3.63) is 33.1 Å². The fraction of sp³-hybridized carbons (Fsp3) is 0.750. The number of nitrogens with one attached hydrogen (secondary N) is 1. The Morgan fingerprint density at radius 2 is 2.04 bits per heavy atom. The number of hydrogen-bond donors (Lipinski definition) is 3. The molecule has 8 heteroatoms. The number of aliphatic hydroxyl groups excluding tert-OH is 1. The van der Waals surface area contributed by atoms with Gasteiger partial charge in [-0.3, -0.25) is 14.3 Å². The summed E-state index contributed by atoms with van der Waals surface area (Å²) in [5.41, 5.74) is -1.07. The summed E-state index contributed by atoms with van der Waals surface area (Å²) in [6.45, 7) is 3.64. The SMILES string of the molecule is CCCC(O)(CCC)O[C@@H]1C[C@H](n2ccc(=O)[nH]c2=O)O[C@@H]1CO. The van der Waals surface area contributed by atoms with Crippen molar-refractivity contribution >= 4 is 0 Å². The summed E-state index contributed by atoms with van der Waals surface area (Å²) in [4.78, 5) is 25.2. The minimum atomic E-state index is -1.27. The van der Waals surface area contributed by atoms with Gasteiger partial charge in [0.2, 0.25) is 0 Å². The lowest BCUT2D eigenvalue weighted by Gasteiger charge is -2.32. The summed E-state index contributed by atoms with van der Waals surface area (Å²) in [6, 6.07) is 1.23. The maximum atomic E-state index is 11.9. The smallest absolute Gasteiger partial charge is 0.330 e. The molecule has 24 heavy (non-hydrogen) atoms. The molecular weight excluding hydrogens is 316 g/mol. The molecule has 1 saturated heterocycles. The predicted molar refractivity (Wildman–Crippen MR) is 86.6 cm³/mol. The molecule has 136 valence electrons. The van der Waals surface area contributed by atoms with Gasteiger partial charge in [-0.25, -0.2) is 4.79 Å². The highest BCUT2D eigenvalue weighted by atomic mass is 16.7. The van der Waals surface area contributed by atoms with E-state index in [4.69, 9.17) is 9.47 Å². The molecule has 0 aliphatic carbocycles. The third-order valence-electron chi connectivity index (χ3n) is 4.17. The monoisotopic (exact) mass is 342 g/mol. The van der Waals surface area contributed by atoms with Gasteiger partial charge in [-0.2, -0.15) is 0 Å². The van der Waals surface area contributed by atoms with E-state index in [9.17, 15) is 19.8 Å². The molecule has 1 aliphatic heterocycles. The number of hydrogen-bond acceptors (Lipinski definition) is 6. The molecule has 0 unspecified atom stereocenters. The van der Waals surface area contributed by atoms with Crippen LogP contribution >= 0.6 is 0 Å². The maximum absolute atomic E-state index is 11.9. The van der Waals surface area contributed by atoms with Gasteiger partial charge in [0, 0.05) is 31.5 Å². The maximum Gasteiger partial charge on any atom is 0.330 e. The second kappa shape index (κ2) is 8.06. The van der Waals surface area contributed by atoms with Crippen LogP contribution in [0.2, 0.25) is 0 Å². The molecular formula is C16H26N2O6. The molecule has 0 saturated carbocycles. The van der Waals surface area contributed by atoms with E-state index < -0.39 is 35.5 Å². The highest BCUT2D eigenvalue weighted by Crippen LogP contribution is 2.34. The first-order valence-electron chi connectivity index (χ1n) is 8.40. The predicted octanol–water partition coefficient (Wildman–Crippen LogP) is 0.490. The van der Waals surface area contributed by atoms with Gasteiger partial charge in [0.25, 0.3) is 5.56 Å². The summed E-state index contributed by atoms with van der Waals surface area (Å²) in [7, 11) is 0. The Kier molecular flexibility index (Phi) is 6.34. The standard InChI is InChI=1S/C16H26N2O6/c1-3-6-16(22,7-4-2)24-11-9-14(23-12(11)10-19)18-8-5-13(20)17-15(18)21/h5,8,11-12,14,19,22H,3-4,6-7,9-10H2,1-2H3,(H,17,20,21)/t11-,12-,14-/m1/s1. The Morgan fingerprint density at radius 3 is 2.58 bits per heavy atom.